The van der Waals surface area contributed by atoms with Gasteiger partial charge in [0.1, 0.15) is 5.69 Å². The molecule has 2 aliphatic rings. The van der Waals surface area contributed by atoms with Crippen LogP contribution < -0.4 is 10.6 Å². The number of likely N-dealkylation sites (tertiary alicyclic amines) is 1. The number of rotatable bonds is 6. The first-order chi connectivity index (χ1) is 17.2. The fourth-order valence-corrected chi connectivity index (χ4v) is 5.32. The van der Waals surface area contributed by atoms with E-state index in [0.717, 1.165) is 24.2 Å². The van der Waals surface area contributed by atoms with E-state index in [0.29, 0.717) is 47.9 Å². The van der Waals surface area contributed by atoms with E-state index in [1.165, 1.54) is 4.68 Å². The summed E-state index contributed by atoms with van der Waals surface area (Å²) in [5.41, 5.74) is 8.76. The van der Waals surface area contributed by atoms with Gasteiger partial charge >= 0.3 is 0 Å². The zero-order valence-corrected chi connectivity index (χ0v) is 21.1. The van der Waals surface area contributed by atoms with Crippen LogP contribution in [0.2, 0.25) is 5.02 Å². The summed E-state index contributed by atoms with van der Waals surface area (Å²) in [6.07, 6.45) is 1.98. The lowest BCUT2D eigenvalue weighted by molar-refractivity contribution is -0.128. The molecule has 2 aromatic carbocycles. The summed E-state index contributed by atoms with van der Waals surface area (Å²) in [5, 5.41) is 4.88. The number of anilines is 1. The summed E-state index contributed by atoms with van der Waals surface area (Å²) < 4.78 is 1.46. The standard InChI is InChI=1S/C27H28ClN5O3/c1-27(2,16-31-13-4-7-22(31)34)17-8-10-19(11-9-17)32-14-12-21-23(25(29)35)30-33(24(21)26(32)36)20-6-3-5-18(28)15-20/h3,5-6,8-11,15H,4,7,12-14,16H2,1-2H3,(H2,29,35). The Labute approximate surface area is 214 Å². The lowest BCUT2D eigenvalue weighted by Crippen LogP contribution is -2.39. The van der Waals surface area contributed by atoms with Crippen LogP contribution in [0.4, 0.5) is 5.69 Å². The van der Waals surface area contributed by atoms with Gasteiger partial charge in [-0.25, -0.2) is 4.68 Å². The Bertz CT molecular complexity index is 1360. The zero-order valence-electron chi connectivity index (χ0n) is 20.3. The molecule has 0 bridgehead atoms. The SMILES string of the molecule is CC(C)(CN1CCCC1=O)c1ccc(N2CCc3c(C(N)=O)nn(-c4cccc(Cl)c4)c3C2=O)cc1. The Morgan fingerprint density at radius 3 is 2.44 bits per heavy atom. The minimum atomic E-state index is -0.670. The number of carbonyl (C=O) groups excluding carboxylic acids is 3. The number of benzene rings is 2. The van der Waals surface area contributed by atoms with E-state index in [2.05, 4.69) is 18.9 Å². The van der Waals surface area contributed by atoms with Gasteiger partial charge in [-0.3, -0.25) is 14.4 Å². The molecule has 1 saturated heterocycles. The van der Waals surface area contributed by atoms with Crippen molar-refractivity contribution in [3.05, 3.63) is 76.1 Å². The molecule has 0 spiro atoms. The number of halogens is 1. The molecule has 1 aromatic heterocycles. The highest BCUT2D eigenvalue weighted by molar-refractivity contribution is 6.30. The van der Waals surface area contributed by atoms with Gasteiger partial charge in [0.2, 0.25) is 5.91 Å². The highest BCUT2D eigenvalue weighted by Crippen LogP contribution is 2.32. The Morgan fingerprint density at radius 2 is 1.81 bits per heavy atom. The average Bonchev–Trinajstić information content (AvgIpc) is 3.43. The van der Waals surface area contributed by atoms with E-state index in [4.69, 9.17) is 17.3 Å². The highest BCUT2D eigenvalue weighted by Gasteiger charge is 2.35. The molecule has 36 heavy (non-hydrogen) atoms. The second-order valence-corrected chi connectivity index (χ2v) is 10.4. The number of fused-ring (bicyclic) bond motifs is 1. The summed E-state index contributed by atoms with van der Waals surface area (Å²) in [7, 11) is 0. The van der Waals surface area contributed by atoms with E-state index < -0.39 is 5.91 Å². The lowest BCUT2D eigenvalue weighted by atomic mass is 9.84. The number of hydrogen-bond acceptors (Lipinski definition) is 4. The molecule has 3 amide bonds. The molecule has 8 nitrogen and oxygen atoms in total. The third-order valence-corrected chi connectivity index (χ3v) is 7.26. The fraction of sp³-hybridized carbons (Fsp3) is 0.333. The summed E-state index contributed by atoms with van der Waals surface area (Å²) in [5.74, 6) is -0.719. The fourth-order valence-electron chi connectivity index (χ4n) is 5.13. The summed E-state index contributed by atoms with van der Waals surface area (Å²) in [4.78, 5) is 41.5. The molecule has 3 aromatic rings. The van der Waals surface area contributed by atoms with Gasteiger partial charge in [-0.1, -0.05) is 43.6 Å². The molecule has 0 radical (unpaired) electrons. The van der Waals surface area contributed by atoms with Crippen molar-refractivity contribution in [2.75, 3.05) is 24.5 Å². The number of aromatic nitrogens is 2. The van der Waals surface area contributed by atoms with Crippen LogP contribution in [-0.2, 0) is 16.6 Å². The van der Waals surface area contributed by atoms with Crippen molar-refractivity contribution >= 4 is 35.0 Å². The van der Waals surface area contributed by atoms with Gasteiger partial charge in [0, 0.05) is 47.7 Å². The quantitative estimate of drug-likeness (QED) is 0.551. The Balaban J connectivity index is 1.45. The monoisotopic (exact) mass is 505 g/mol. The third-order valence-electron chi connectivity index (χ3n) is 7.02. The molecular formula is C27H28ClN5O3. The molecule has 2 aliphatic heterocycles. The van der Waals surface area contributed by atoms with Gasteiger partial charge in [0.05, 0.1) is 5.69 Å². The average molecular weight is 506 g/mol. The van der Waals surface area contributed by atoms with E-state index in [1.807, 2.05) is 29.2 Å². The lowest BCUT2D eigenvalue weighted by Gasteiger charge is -2.32. The van der Waals surface area contributed by atoms with Crippen LogP contribution >= 0.6 is 11.6 Å². The van der Waals surface area contributed by atoms with E-state index >= 15 is 0 Å². The Kier molecular flexibility index (Phi) is 6.08. The number of primary amides is 1. The normalized spacial score (nSPS) is 16.0. The molecule has 3 heterocycles. The van der Waals surface area contributed by atoms with Crippen LogP contribution in [0, 0.1) is 0 Å². The first-order valence-electron chi connectivity index (χ1n) is 12.0. The van der Waals surface area contributed by atoms with Crippen molar-refractivity contribution < 1.29 is 14.4 Å². The van der Waals surface area contributed by atoms with Crippen LogP contribution in [0.3, 0.4) is 0 Å². The van der Waals surface area contributed by atoms with E-state index in [9.17, 15) is 14.4 Å². The summed E-state index contributed by atoms with van der Waals surface area (Å²) in [6.45, 7) is 6.12. The summed E-state index contributed by atoms with van der Waals surface area (Å²) >= 11 is 6.17. The number of nitrogens with two attached hydrogens (primary N) is 1. The molecule has 0 atom stereocenters. The van der Waals surface area contributed by atoms with Crippen molar-refractivity contribution in [2.45, 2.75) is 38.5 Å². The van der Waals surface area contributed by atoms with Crippen LogP contribution in [0.25, 0.3) is 5.69 Å². The number of amides is 3. The van der Waals surface area contributed by atoms with Crippen molar-refractivity contribution in [1.82, 2.24) is 14.7 Å². The molecule has 9 heteroatoms. The molecule has 186 valence electrons. The third kappa shape index (κ3) is 4.26. The van der Waals surface area contributed by atoms with Gasteiger partial charge in [0.25, 0.3) is 11.8 Å². The second kappa shape index (κ2) is 9.09. The first kappa shape index (κ1) is 24.1. The number of nitrogens with zero attached hydrogens (tertiary/aromatic N) is 4. The minimum Gasteiger partial charge on any atom is -0.364 e. The maximum Gasteiger partial charge on any atom is 0.277 e. The number of carbonyl (C=O) groups is 3. The van der Waals surface area contributed by atoms with Gasteiger partial charge in [-0.2, -0.15) is 5.10 Å². The summed E-state index contributed by atoms with van der Waals surface area (Å²) in [6, 6.07) is 14.8. The Morgan fingerprint density at radius 1 is 1.06 bits per heavy atom. The van der Waals surface area contributed by atoms with Crippen molar-refractivity contribution in [3.8, 4) is 5.69 Å². The van der Waals surface area contributed by atoms with Gasteiger partial charge in [-0.05, 0) is 48.7 Å². The molecule has 2 N–H and O–H groups in total. The van der Waals surface area contributed by atoms with E-state index in [-0.39, 0.29) is 22.9 Å². The first-order valence-corrected chi connectivity index (χ1v) is 12.4. The van der Waals surface area contributed by atoms with Gasteiger partial charge in [0.15, 0.2) is 5.69 Å². The van der Waals surface area contributed by atoms with Gasteiger partial charge in [-0.15, -0.1) is 0 Å². The Hall–Kier alpha value is -3.65. The maximum atomic E-state index is 13.7. The molecule has 0 aliphatic carbocycles. The topological polar surface area (TPSA) is 102 Å². The van der Waals surface area contributed by atoms with Crippen LogP contribution in [-0.4, -0.2) is 52.0 Å². The largest absolute Gasteiger partial charge is 0.364 e. The molecule has 1 fully saturated rings. The second-order valence-electron chi connectivity index (χ2n) is 9.99. The smallest absolute Gasteiger partial charge is 0.277 e. The van der Waals surface area contributed by atoms with Crippen molar-refractivity contribution in [2.24, 2.45) is 5.73 Å². The predicted octanol–water partition coefficient (Wildman–Crippen LogP) is 3.73. The highest BCUT2D eigenvalue weighted by atomic mass is 35.5. The van der Waals surface area contributed by atoms with Crippen LogP contribution in [0.1, 0.15) is 58.8 Å². The van der Waals surface area contributed by atoms with Gasteiger partial charge < -0.3 is 15.5 Å². The molecular weight excluding hydrogens is 478 g/mol. The number of hydrogen-bond donors (Lipinski definition) is 1. The van der Waals surface area contributed by atoms with Crippen molar-refractivity contribution in [1.29, 1.82) is 0 Å². The van der Waals surface area contributed by atoms with Crippen LogP contribution in [0.5, 0.6) is 0 Å². The minimum absolute atomic E-state index is 0.103. The molecule has 0 unspecified atom stereocenters. The molecule has 5 rings (SSSR count). The molecule has 0 saturated carbocycles. The van der Waals surface area contributed by atoms with E-state index in [1.54, 1.807) is 29.2 Å². The zero-order chi connectivity index (χ0) is 25.6. The maximum absolute atomic E-state index is 13.7. The predicted molar refractivity (Wildman–Crippen MR) is 138 cm³/mol. The van der Waals surface area contributed by atoms with Crippen LogP contribution in [0.15, 0.2) is 48.5 Å². The van der Waals surface area contributed by atoms with Crippen molar-refractivity contribution in [3.63, 3.8) is 0 Å².